The molecule has 0 aromatic heterocycles. The summed E-state index contributed by atoms with van der Waals surface area (Å²) in [5, 5.41) is 18.1. The van der Waals surface area contributed by atoms with Crippen LogP contribution in [0.1, 0.15) is 0 Å². The van der Waals surface area contributed by atoms with Gasteiger partial charge in [0.15, 0.2) is 0 Å². The van der Waals surface area contributed by atoms with Crippen molar-refractivity contribution in [2.75, 3.05) is 39.3 Å². The monoisotopic (exact) mass is 374 g/mol. The summed E-state index contributed by atoms with van der Waals surface area (Å²) in [5.41, 5.74) is 0. The molecule has 0 aliphatic carbocycles. The van der Waals surface area contributed by atoms with E-state index in [1.54, 1.807) is 0 Å². The first-order valence-corrected chi connectivity index (χ1v) is 7.56. The number of benzene rings is 1. The zero-order chi connectivity index (χ0) is 16.4. The molecule has 8 heteroatoms. The van der Waals surface area contributed by atoms with Crippen molar-refractivity contribution in [3.63, 3.8) is 0 Å². The minimum absolute atomic E-state index is 0.760. The lowest BCUT2D eigenvalue weighted by Gasteiger charge is -2.26. The first-order chi connectivity index (χ1) is 10.5. The Kier molecular flexibility index (Phi) is 8.49. The van der Waals surface area contributed by atoms with E-state index in [0.29, 0.717) is 0 Å². The Morgan fingerprint density at radius 1 is 1.23 bits per heavy atom. The number of rotatable bonds is 4. The Morgan fingerprint density at radius 2 is 1.86 bits per heavy atom. The summed E-state index contributed by atoms with van der Waals surface area (Å²) in [6.07, 6.45) is 0. The van der Waals surface area contributed by atoms with Crippen LogP contribution in [0, 0.1) is 0 Å². The fraction of sp³-hybridized carbons (Fsp3) is 0.429. The van der Waals surface area contributed by atoms with Crippen molar-refractivity contribution in [1.82, 2.24) is 10.2 Å². The van der Waals surface area contributed by atoms with Crippen molar-refractivity contribution in [3.05, 3.63) is 28.7 Å². The molecule has 1 fully saturated rings. The Bertz CT molecular complexity index is 480. The van der Waals surface area contributed by atoms with Crippen molar-refractivity contribution in [3.8, 4) is 5.75 Å². The molecule has 0 spiro atoms. The van der Waals surface area contributed by atoms with Crippen LogP contribution in [0.2, 0.25) is 0 Å². The van der Waals surface area contributed by atoms with Crippen LogP contribution in [0.15, 0.2) is 28.7 Å². The lowest BCUT2D eigenvalue weighted by atomic mass is 10.3. The molecule has 0 saturated carbocycles. The number of nitrogens with one attached hydrogen (secondary N) is 1. The van der Waals surface area contributed by atoms with Gasteiger partial charge in [-0.15, -0.1) is 0 Å². The van der Waals surface area contributed by atoms with Crippen molar-refractivity contribution in [2.45, 2.75) is 0 Å². The number of ether oxygens (including phenoxy) is 1. The molecular weight excluding hydrogens is 356 g/mol. The molecule has 22 heavy (non-hydrogen) atoms. The standard InChI is InChI=1S/C12H17BrN2O.C2H2O4/c13-11-2-1-3-12(10-11)16-9-8-15-6-4-14-5-7-15;3-1(4)2(5)6/h1-3,10,14H,4-9H2;(H,3,4)(H,5,6). The average Bonchev–Trinajstić information content (AvgIpc) is 2.49. The molecule has 0 radical (unpaired) electrons. The Morgan fingerprint density at radius 3 is 2.41 bits per heavy atom. The highest BCUT2D eigenvalue weighted by Gasteiger charge is 2.08. The van der Waals surface area contributed by atoms with Gasteiger partial charge in [-0.1, -0.05) is 22.0 Å². The molecule has 0 bridgehead atoms. The minimum atomic E-state index is -1.82. The van der Waals surface area contributed by atoms with Crippen molar-refractivity contribution >= 4 is 27.9 Å². The highest BCUT2D eigenvalue weighted by Crippen LogP contribution is 2.17. The fourth-order valence-corrected chi connectivity index (χ4v) is 2.16. The van der Waals surface area contributed by atoms with Crippen LogP contribution in [-0.4, -0.2) is 66.4 Å². The highest BCUT2D eigenvalue weighted by atomic mass is 79.9. The summed E-state index contributed by atoms with van der Waals surface area (Å²) in [6.45, 7) is 6.21. The summed E-state index contributed by atoms with van der Waals surface area (Å²) in [7, 11) is 0. The van der Waals surface area contributed by atoms with Gasteiger partial charge in [0.1, 0.15) is 12.4 Å². The number of piperazine rings is 1. The summed E-state index contributed by atoms with van der Waals surface area (Å²) < 4.78 is 6.76. The third kappa shape index (κ3) is 7.96. The summed E-state index contributed by atoms with van der Waals surface area (Å²) in [4.78, 5) is 20.6. The number of nitrogens with zero attached hydrogens (tertiary/aromatic N) is 1. The average molecular weight is 375 g/mol. The van der Waals surface area contributed by atoms with Gasteiger partial charge in [0, 0.05) is 37.2 Å². The quantitative estimate of drug-likeness (QED) is 0.673. The second-order valence-electron chi connectivity index (χ2n) is 4.51. The zero-order valence-corrected chi connectivity index (χ0v) is 13.6. The number of carboxylic acid groups (broad SMARTS) is 2. The molecule has 122 valence electrons. The molecule has 1 aromatic carbocycles. The van der Waals surface area contributed by atoms with Crippen molar-refractivity contribution < 1.29 is 24.5 Å². The molecule has 2 rings (SSSR count). The van der Waals surface area contributed by atoms with E-state index >= 15 is 0 Å². The van der Waals surface area contributed by atoms with E-state index in [4.69, 9.17) is 24.5 Å². The first kappa shape index (κ1) is 18.4. The Hall–Kier alpha value is -1.64. The molecule has 1 aliphatic heterocycles. The Balaban J connectivity index is 0.000000346. The molecule has 1 aromatic rings. The maximum absolute atomic E-state index is 9.10. The molecule has 0 amide bonds. The van der Waals surface area contributed by atoms with E-state index in [9.17, 15) is 0 Å². The topological polar surface area (TPSA) is 99.1 Å². The van der Waals surface area contributed by atoms with Crippen LogP contribution in [0.3, 0.4) is 0 Å². The van der Waals surface area contributed by atoms with Crippen LogP contribution in [0.5, 0.6) is 5.75 Å². The lowest BCUT2D eigenvalue weighted by molar-refractivity contribution is -0.159. The predicted molar refractivity (Wildman–Crippen MR) is 84.2 cm³/mol. The van der Waals surface area contributed by atoms with Crippen LogP contribution in [-0.2, 0) is 9.59 Å². The number of hydrogen-bond acceptors (Lipinski definition) is 5. The van der Waals surface area contributed by atoms with Crippen molar-refractivity contribution in [1.29, 1.82) is 0 Å². The van der Waals surface area contributed by atoms with E-state index in [1.165, 1.54) is 0 Å². The molecule has 0 unspecified atom stereocenters. The van der Waals surface area contributed by atoms with Crippen LogP contribution < -0.4 is 10.1 Å². The summed E-state index contributed by atoms with van der Waals surface area (Å²) in [5.74, 6) is -2.71. The van der Waals surface area contributed by atoms with Crippen LogP contribution >= 0.6 is 15.9 Å². The summed E-state index contributed by atoms with van der Waals surface area (Å²) >= 11 is 3.43. The first-order valence-electron chi connectivity index (χ1n) is 6.76. The minimum Gasteiger partial charge on any atom is -0.492 e. The molecule has 0 atom stereocenters. The number of hydrogen-bond donors (Lipinski definition) is 3. The van der Waals surface area contributed by atoms with E-state index in [1.807, 2.05) is 24.3 Å². The van der Waals surface area contributed by atoms with Gasteiger partial charge in [0.25, 0.3) is 0 Å². The van der Waals surface area contributed by atoms with Gasteiger partial charge in [-0.2, -0.15) is 0 Å². The molecule has 3 N–H and O–H groups in total. The lowest BCUT2D eigenvalue weighted by Crippen LogP contribution is -2.44. The molecular formula is C14H19BrN2O5. The number of carboxylic acids is 2. The highest BCUT2D eigenvalue weighted by molar-refractivity contribution is 9.10. The van der Waals surface area contributed by atoms with Gasteiger partial charge in [0.05, 0.1) is 0 Å². The van der Waals surface area contributed by atoms with Gasteiger partial charge in [-0.05, 0) is 18.2 Å². The molecule has 1 heterocycles. The third-order valence-electron chi connectivity index (χ3n) is 2.86. The smallest absolute Gasteiger partial charge is 0.414 e. The SMILES string of the molecule is Brc1cccc(OCCN2CCNCC2)c1.O=C(O)C(=O)O. The van der Waals surface area contributed by atoms with E-state index < -0.39 is 11.9 Å². The van der Waals surface area contributed by atoms with Gasteiger partial charge < -0.3 is 20.3 Å². The largest absolute Gasteiger partial charge is 0.492 e. The second-order valence-corrected chi connectivity index (χ2v) is 5.42. The van der Waals surface area contributed by atoms with Gasteiger partial charge in [0.2, 0.25) is 0 Å². The molecule has 7 nitrogen and oxygen atoms in total. The molecule has 1 saturated heterocycles. The number of aliphatic carboxylic acids is 2. The fourth-order valence-electron chi connectivity index (χ4n) is 1.78. The van der Waals surface area contributed by atoms with Gasteiger partial charge >= 0.3 is 11.9 Å². The van der Waals surface area contributed by atoms with Gasteiger partial charge in [-0.3, -0.25) is 4.90 Å². The normalized spacial score (nSPS) is 14.6. The zero-order valence-electron chi connectivity index (χ0n) is 12.0. The second kappa shape index (κ2) is 10.1. The van der Waals surface area contributed by atoms with Crippen LogP contribution in [0.4, 0.5) is 0 Å². The van der Waals surface area contributed by atoms with Gasteiger partial charge in [-0.25, -0.2) is 9.59 Å². The van der Waals surface area contributed by atoms with Crippen molar-refractivity contribution in [2.24, 2.45) is 0 Å². The number of carbonyl (C=O) groups is 2. The maximum Gasteiger partial charge on any atom is 0.414 e. The van der Waals surface area contributed by atoms with E-state index in [-0.39, 0.29) is 0 Å². The van der Waals surface area contributed by atoms with E-state index in [2.05, 4.69) is 26.1 Å². The maximum atomic E-state index is 9.10. The summed E-state index contributed by atoms with van der Waals surface area (Å²) in [6, 6.07) is 7.98. The predicted octanol–water partition coefficient (Wildman–Crippen LogP) is 0.889. The number of halogens is 1. The van der Waals surface area contributed by atoms with Crippen LogP contribution in [0.25, 0.3) is 0 Å². The molecule has 1 aliphatic rings. The third-order valence-corrected chi connectivity index (χ3v) is 3.36. The van der Waals surface area contributed by atoms with E-state index in [0.717, 1.165) is 49.6 Å². The Labute approximate surface area is 137 Å².